The van der Waals surface area contributed by atoms with E-state index in [1.807, 2.05) is 30.3 Å². The first-order valence-electron chi connectivity index (χ1n) is 6.26. The molecule has 0 amide bonds. The molecule has 3 aromatic carbocycles. The monoisotopic (exact) mass is 402 g/mol. The second-order valence-electron chi connectivity index (χ2n) is 4.81. The van der Waals surface area contributed by atoms with Crippen molar-refractivity contribution in [3.8, 4) is 0 Å². The zero-order valence-electron chi connectivity index (χ0n) is 10.7. The molecule has 108 valence electrons. The molecule has 0 saturated carbocycles. The first kappa shape index (κ1) is 15.4. The minimum Gasteiger partial charge on any atom is -0.388 e. The van der Waals surface area contributed by atoms with E-state index >= 15 is 0 Å². The Morgan fingerprint density at radius 3 is 2.43 bits per heavy atom. The molecule has 0 spiro atoms. The molecule has 0 radical (unpaired) electrons. The van der Waals surface area contributed by atoms with Gasteiger partial charge in [0, 0.05) is 20.8 Å². The van der Waals surface area contributed by atoms with Crippen molar-refractivity contribution in [2.24, 2.45) is 0 Å². The first-order valence-corrected chi connectivity index (χ1v) is 8.51. The Morgan fingerprint density at radius 2 is 1.71 bits per heavy atom. The van der Waals surface area contributed by atoms with Gasteiger partial charge >= 0.3 is 0 Å². The maximum atomic E-state index is 10.3. The fraction of sp³-hybridized carbons (Fsp3) is 0.125. The summed E-state index contributed by atoms with van der Waals surface area (Å²) in [6.45, 7) is 0. The maximum absolute atomic E-state index is 10.3. The summed E-state index contributed by atoms with van der Waals surface area (Å²) < 4.78 is 0. The van der Waals surface area contributed by atoms with Crippen LogP contribution in [-0.2, 0) is 0 Å². The summed E-state index contributed by atoms with van der Waals surface area (Å²) in [7, 11) is 0. The lowest BCUT2D eigenvalue weighted by Gasteiger charge is -2.15. The van der Waals surface area contributed by atoms with E-state index in [-0.39, 0.29) is 0 Å². The molecule has 0 bridgehead atoms. The topological polar surface area (TPSA) is 20.2 Å². The van der Waals surface area contributed by atoms with E-state index in [2.05, 4.69) is 15.9 Å². The number of hydrogen-bond acceptors (Lipinski definition) is 1. The highest BCUT2D eigenvalue weighted by molar-refractivity contribution is 9.09. The molecule has 0 aliphatic heterocycles. The SMILES string of the molecule is O[C@H](CBr)c1cc2cc(Cl)ccc2c2c(Cl)cc(Cl)cc12. The molecule has 1 N–H and O–H groups in total. The molecular weight excluding hydrogens is 394 g/mol. The van der Waals surface area contributed by atoms with Crippen molar-refractivity contribution in [2.45, 2.75) is 6.10 Å². The highest BCUT2D eigenvalue weighted by atomic mass is 79.9. The second-order valence-corrected chi connectivity index (χ2v) is 6.74. The van der Waals surface area contributed by atoms with Crippen molar-refractivity contribution in [3.63, 3.8) is 0 Å². The van der Waals surface area contributed by atoms with Gasteiger partial charge in [0.05, 0.1) is 11.1 Å². The highest BCUT2D eigenvalue weighted by Crippen LogP contribution is 2.39. The van der Waals surface area contributed by atoms with Gasteiger partial charge in [-0.1, -0.05) is 56.8 Å². The number of aliphatic hydroxyl groups is 1. The van der Waals surface area contributed by atoms with Crippen molar-refractivity contribution >= 4 is 72.3 Å². The van der Waals surface area contributed by atoms with Gasteiger partial charge in [0.1, 0.15) is 0 Å². The van der Waals surface area contributed by atoms with Crippen molar-refractivity contribution in [1.82, 2.24) is 0 Å². The quantitative estimate of drug-likeness (QED) is 0.388. The van der Waals surface area contributed by atoms with Crippen LogP contribution in [0.2, 0.25) is 15.1 Å². The molecule has 0 unspecified atom stereocenters. The van der Waals surface area contributed by atoms with Gasteiger partial charge in [0.15, 0.2) is 0 Å². The third kappa shape index (κ3) is 2.76. The van der Waals surface area contributed by atoms with Crippen LogP contribution in [0.5, 0.6) is 0 Å². The van der Waals surface area contributed by atoms with Crippen molar-refractivity contribution in [3.05, 3.63) is 57.0 Å². The van der Waals surface area contributed by atoms with Crippen LogP contribution in [0.4, 0.5) is 0 Å². The zero-order chi connectivity index (χ0) is 15.1. The Bertz CT molecular complexity index is 848. The summed E-state index contributed by atoms with van der Waals surface area (Å²) in [6, 6.07) is 11.1. The fourth-order valence-electron chi connectivity index (χ4n) is 2.56. The Balaban J connectivity index is 2.54. The van der Waals surface area contributed by atoms with Gasteiger partial charge in [-0.3, -0.25) is 0 Å². The number of halogens is 4. The average Bonchev–Trinajstić information content (AvgIpc) is 2.44. The van der Waals surface area contributed by atoms with Crippen LogP contribution in [0.1, 0.15) is 11.7 Å². The third-order valence-electron chi connectivity index (χ3n) is 3.47. The van der Waals surface area contributed by atoms with Gasteiger partial charge in [-0.05, 0) is 52.1 Å². The molecule has 3 aromatic rings. The standard InChI is InChI=1S/C16H10BrCl3O/c17-7-15(21)12-4-8-3-9(18)1-2-11(8)16-13(12)5-10(19)6-14(16)20/h1-6,15,21H,7H2/t15-/m1/s1. The second kappa shape index (κ2) is 5.94. The molecule has 0 fully saturated rings. The predicted molar refractivity (Wildman–Crippen MR) is 95.2 cm³/mol. The number of alkyl halides is 1. The van der Waals surface area contributed by atoms with Gasteiger partial charge in [0.25, 0.3) is 0 Å². The van der Waals surface area contributed by atoms with E-state index in [9.17, 15) is 5.11 Å². The largest absolute Gasteiger partial charge is 0.388 e. The zero-order valence-corrected chi connectivity index (χ0v) is 14.6. The van der Waals surface area contributed by atoms with Crippen LogP contribution in [0.25, 0.3) is 21.5 Å². The van der Waals surface area contributed by atoms with Crippen LogP contribution < -0.4 is 0 Å². The van der Waals surface area contributed by atoms with E-state index in [1.54, 1.807) is 6.07 Å². The van der Waals surface area contributed by atoms with Gasteiger partial charge in [0.2, 0.25) is 0 Å². The number of hydrogen-bond donors (Lipinski definition) is 1. The Kier molecular flexibility index (Phi) is 4.35. The van der Waals surface area contributed by atoms with Crippen LogP contribution >= 0.6 is 50.7 Å². The number of fused-ring (bicyclic) bond motifs is 3. The summed E-state index contributed by atoms with van der Waals surface area (Å²) in [5.41, 5.74) is 0.779. The smallest absolute Gasteiger partial charge is 0.0893 e. The number of aliphatic hydroxyl groups excluding tert-OH is 1. The lowest BCUT2D eigenvalue weighted by atomic mass is 9.95. The van der Waals surface area contributed by atoms with Crippen LogP contribution in [0.15, 0.2) is 36.4 Å². The van der Waals surface area contributed by atoms with E-state index in [1.165, 1.54) is 0 Å². The number of benzene rings is 3. The molecule has 0 aliphatic carbocycles. The van der Waals surface area contributed by atoms with Crippen molar-refractivity contribution in [2.75, 3.05) is 5.33 Å². The van der Waals surface area contributed by atoms with Gasteiger partial charge < -0.3 is 5.11 Å². The molecule has 0 saturated heterocycles. The molecule has 0 aromatic heterocycles. The van der Waals surface area contributed by atoms with Gasteiger partial charge in [-0.2, -0.15) is 0 Å². The van der Waals surface area contributed by atoms with Gasteiger partial charge in [-0.15, -0.1) is 0 Å². The molecule has 0 aliphatic rings. The van der Waals surface area contributed by atoms with Crippen LogP contribution in [0.3, 0.4) is 0 Å². The highest BCUT2D eigenvalue weighted by Gasteiger charge is 2.16. The fourth-order valence-corrected chi connectivity index (χ4v) is 3.68. The molecular formula is C16H10BrCl3O. The summed E-state index contributed by atoms with van der Waals surface area (Å²) in [5, 5.41) is 16.1. The Hall–Kier alpha value is -0.510. The number of rotatable bonds is 2. The van der Waals surface area contributed by atoms with E-state index < -0.39 is 6.10 Å². The lowest BCUT2D eigenvalue weighted by molar-refractivity contribution is 0.207. The van der Waals surface area contributed by atoms with Crippen molar-refractivity contribution < 1.29 is 5.11 Å². The lowest BCUT2D eigenvalue weighted by Crippen LogP contribution is -2.00. The van der Waals surface area contributed by atoms with E-state index in [0.29, 0.717) is 20.4 Å². The molecule has 21 heavy (non-hydrogen) atoms. The third-order valence-corrected chi connectivity index (χ3v) is 4.83. The van der Waals surface area contributed by atoms with Crippen molar-refractivity contribution in [1.29, 1.82) is 0 Å². The van der Waals surface area contributed by atoms with Gasteiger partial charge in [-0.25, -0.2) is 0 Å². The maximum Gasteiger partial charge on any atom is 0.0893 e. The summed E-state index contributed by atoms with van der Waals surface area (Å²) in [5.74, 6) is 0. The summed E-state index contributed by atoms with van der Waals surface area (Å²) in [4.78, 5) is 0. The first-order chi connectivity index (χ1) is 10.0. The molecule has 5 heteroatoms. The van der Waals surface area contributed by atoms with Crippen LogP contribution in [-0.4, -0.2) is 10.4 Å². The predicted octanol–water partition coefficient (Wildman–Crippen LogP) is 6.38. The summed E-state index contributed by atoms with van der Waals surface area (Å²) >= 11 is 21.9. The Morgan fingerprint density at radius 1 is 0.952 bits per heavy atom. The molecule has 0 heterocycles. The normalized spacial score (nSPS) is 13.0. The average molecular weight is 405 g/mol. The molecule has 1 nitrogen and oxygen atoms in total. The minimum atomic E-state index is -0.648. The molecule has 1 atom stereocenters. The van der Waals surface area contributed by atoms with E-state index in [0.717, 1.165) is 27.1 Å². The Labute approximate surface area is 145 Å². The summed E-state index contributed by atoms with van der Waals surface area (Å²) in [6.07, 6.45) is -0.648. The minimum absolute atomic E-state index is 0.429. The molecule has 3 rings (SSSR count). The van der Waals surface area contributed by atoms with Crippen LogP contribution in [0, 0.1) is 0 Å². The van der Waals surface area contributed by atoms with E-state index in [4.69, 9.17) is 34.8 Å².